The summed E-state index contributed by atoms with van der Waals surface area (Å²) in [5.74, 6) is -0.702. The lowest BCUT2D eigenvalue weighted by atomic mass is 10.2. The maximum atomic E-state index is 12.1. The van der Waals surface area contributed by atoms with Crippen LogP contribution < -0.4 is 14.9 Å². The summed E-state index contributed by atoms with van der Waals surface area (Å²) in [6.45, 7) is 1.73. The van der Waals surface area contributed by atoms with Gasteiger partial charge >= 0.3 is 5.97 Å². The average Bonchev–Trinajstić information content (AvgIpc) is 2.61. The highest BCUT2D eigenvalue weighted by Crippen LogP contribution is 2.28. The molecule has 136 valence electrons. The van der Waals surface area contributed by atoms with Gasteiger partial charge in [0, 0.05) is 4.47 Å². The third-order valence-electron chi connectivity index (χ3n) is 3.12. The molecule has 0 aliphatic rings. The molecule has 0 unspecified atom stereocenters. The molecule has 0 saturated heterocycles. The van der Waals surface area contributed by atoms with Crippen molar-refractivity contribution in [1.29, 1.82) is 0 Å². The van der Waals surface area contributed by atoms with Gasteiger partial charge in [0.1, 0.15) is 0 Å². The molecule has 0 heterocycles. The Balaban J connectivity index is 2.07. The van der Waals surface area contributed by atoms with Crippen LogP contribution in [0.15, 0.2) is 52.0 Å². The van der Waals surface area contributed by atoms with E-state index < -0.39 is 12.6 Å². The molecule has 0 aliphatic heterocycles. The summed E-state index contributed by atoms with van der Waals surface area (Å²) in [5, 5.41) is 12.6. The molecule has 2 rings (SSSR count). The number of ether oxygens (including phenoxy) is 2. The van der Waals surface area contributed by atoms with Crippen LogP contribution in [0.25, 0.3) is 0 Å². The maximum absolute atomic E-state index is 12.1. The fourth-order valence-electron chi connectivity index (χ4n) is 2.00. The number of carbonyl (C=O) groups is 2. The molecule has 0 atom stereocenters. The van der Waals surface area contributed by atoms with E-state index in [2.05, 4.69) is 26.5 Å². The molecule has 2 aromatic rings. The predicted octanol–water partition coefficient (Wildman–Crippen LogP) is 3.08. The van der Waals surface area contributed by atoms with E-state index in [1.54, 1.807) is 43.3 Å². The lowest BCUT2D eigenvalue weighted by Gasteiger charge is -2.11. The molecule has 0 aliphatic carbocycles. The number of halogens is 1. The third-order valence-corrected chi connectivity index (χ3v) is 3.81. The Bertz CT molecular complexity index is 823. The number of carboxylic acid groups (broad SMARTS) is 1. The summed E-state index contributed by atoms with van der Waals surface area (Å²) in [6.07, 6.45) is 1.46. The molecule has 2 aromatic carbocycles. The second kappa shape index (κ2) is 9.57. The molecule has 0 radical (unpaired) electrons. The van der Waals surface area contributed by atoms with Gasteiger partial charge in [-0.3, -0.25) is 4.79 Å². The van der Waals surface area contributed by atoms with E-state index in [4.69, 9.17) is 14.6 Å². The molecule has 0 fully saturated rings. The standard InChI is InChI=1S/C18H17BrN2O5/c1-2-25-16-9-12(7-8-15(16)26-11-17(22)23)10-20-21-18(24)13-5-3-4-6-14(13)19/h3-10H,2,11H2,1H3,(H,21,24)(H,22,23)/b20-10+. The SMILES string of the molecule is CCOc1cc(/C=N/NC(=O)c2ccccc2Br)ccc1OCC(=O)O. The van der Waals surface area contributed by atoms with Gasteiger partial charge in [-0.1, -0.05) is 12.1 Å². The number of nitrogens with zero attached hydrogens (tertiary/aromatic N) is 1. The minimum atomic E-state index is -1.08. The van der Waals surface area contributed by atoms with E-state index in [1.165, 1.54) is 6.21 Å². The summed E-state index contributed by atoms with van der Waals surface area (Å²) in [4.78, 5) is 22.7. The molecule has 7 nitrogen and oxygen atoms in total. The van der Waals surface area contributed by atoms with Crippen molar-refractivity contribution in [3.05, 3.63) is 58.1 Å². The molecule has 0 spiro atoms. The Morgan fingerprint density at radius 3 is 2.65 bits per heavy atom. The van der Waals surface area contributed by atoms with E-state index in [9.17, 15) is 9.59 Å². The largest absolute Gasteiger partial charge is 0.490 e. The number of benzene rings is 2. The number of amides is 1. The Kier molecular flexibility index (Phi) is 7.16. The number of hydrazone groups is 1. The molecular weight excluding hydrogens is 404 g/mol. The van der Waals surface area contributed by atoms with E-state index in [-0.39, 0.29) is 5.91 Å². The maximum Gasteiger partial charge on any atom is 0.341 e. The molecule has 0 bridgehead atoms. The van der Waals surface area contributed by atoms with Crippen LogP contribution in [0.1, 0.15) is 22.8 Å². The average molecular weight is 421 g/mol. The number of hydrogen-bond acceptors (Lipinski definition) is 5. The van der Waals surface area contributed by atoms with E-state index in [1.807, 2.05) is 6.07 Å². The highest BCUT2D eigenvalue weighted by Gasteiger charge is 2.09. The van der Waals surface area contributed by atoms with Gasteiger partial charge in [-0.2, -0.15) is 5.10 Å². The number of carbonyl (C=O) groups excluding carboxylic acids is 1. The summed E-state index contributed by atoms with van der Waals surface area (Å²) < 4.78 is 11.3. The number of carboxylic acids is 1. The lowest BCUT2D eigenvalue weighted by molar-refractivity contribution is -0.139. The zero-order chi connectivity index (χ0) is 18.9. The number of aliphatic carboxylic acids is 1. The van der Waals surface area contributed by atoms with Crippen molar-refractivity contribution >= 4 is 34.0 Å². The molecule has 1 amide bonds. The summed E-state index contributed by atoms with van der Waals surface area (Å²) in [6, 6.07) is 11.9. The summed E-state index contributed by atoms with van der Waals surface area (Å²) >= 11 is 3.31. The zero-order valence-electron chi connectivity index (χ0n) is 13.9. The first-order valence-corrected chi connectivity index (χ1v) is 8.50. The van der Waals surface area contributed by atoms with Crippen molar-refractivity contribution in [2.75, 3.05) is 13.2 Å². The molecular formula is C18H17BrN2O5. The van der Waals surface area contributed by atoms with Crippen LogP contribution in [-0.4, -0.2) is 36.4 Å². The highest BCUT2D eigenvalue weighted by atomic mass is 79.9. The van der Waals surface area contributed by atoms with E-state index in [0.717, 1.165) is 0 Å². The minimum absolute atomic E-state index is 0.323. The van der Waals surface area contributed by atoms with Crippen LogP contribution in [0, 0.1) is 0 Å². The van der Waals surface area contributed by atoms with Crippen molar-refractivity contribution in [2.24, 2.45) is 5.10 Å². The van der Waals surface area contributed by atoms with Crippen molar-refractivity contribution < 1.29 is 24.2 Å². The molecule has 0 saturated carbocycles. The first kappa shape index (κ1) is 19.5. The minimum Gasteiger partial charge on any atom is -0.490 e. The van der Waals surface area contributed by atoms with Gasteiger partial charge in [0.15, 0.2) is 18.1 Å². The highest BCUT2D eigenvalue weighted by molar-refractivity contribution is 9.10. The molecule has 0 aromatic heterocycles. The second-order valence-electron chi connectivity index (χ2n) is 5.00. The smallest absolute Gasteiger partial charge is 0.341 e. The molecule has 26 heavy (non-hydrogen) atoms. The van der Waals surface area contributed by atoms with Gasteiger partial charge in [0.25, 0.3) is 5.91 Å². The topological polar surface area (TPSA) is 97.2 Å². The van der Waals surface area contributed by atoms with Crippen LogP contribution in [0.4, 0.5) is 0 Å². The lowest BCUT2D eigenvalue weighted by Crippen LogP contribution is -2.18. The Labute approximate surface area is 158 Å². The fraction of sp³-hybridized carbons (Fsp3) is 0.167. The molecule has 8 heteroatoms. The monoisotopic (exact) mass is 420 g/mol. The number of rotatable bonds is 8. The van der Waals surface area contributed by atoms with Crippen molar-refractivity contribution in [3.8, 4) is 11.5 Å². The van der Waals surface area contributed by atoms with Crippen LogP contribution in [0.5, 0.6) is 11.5 Å². The van der Waals surface area contributed by atoms with Gasteiger partial charge in [0.05, 0.1) is 18.4 Å². The zero-order valence-corrected chi connectivity index (χ0v) is 15.5. The Morgan fingerprint density at radius 2 is 1.96 bits per heavy atom. The summed E-state index contributed by atoms with van der Waals surface area (Å²) in [7, 11) is 0. The van der Waals surface area contributed by atoms with Gasteiger partial charge in [-0.05, 0) is 58.7 Å². The van der Waals surface area contributed by atoms with Crippen LogP contribution in [0.2, 0.25) is 0 Å². The van der Waals surface area contributed by atoms with Crippen LogP contribution in [0.3, 0.4) is 0 Å². The van der Waals surface area contributed by atoms with Gasteiger partial charge < -0.3 is 14.6 Å². The van der Waals surface area contributed by atoms with Crippen LogP contribution >= 0.6 is 15.9 Å². The third kappa shape index (κ3) is 5.59. The van der Waals surface area contributed by atoms with Gasteiger partial charge in [-0.25, -0.2) is 10.2 Å². The van der Waals surface area contributed by atoms with E-state index >= 15 is 0 Å². The Hall–Kier alpha value is -2.87. The van der Waals surface area contributed by atoms with Crippen molar-refractivity contribution in [2.45, 2.75) is 6.92 Å². The fourth-order valence-corrected chi connectivity index (χ4v) is 2.47. The first-order chi connectivity index (χ1) is 12.5. The van der Waals surface area contributed by atoms with Crippen molar-refractivity contribution in [3.63, 3.8) is 0 Å². The quantitative estimate of drug-likeness (QED) is 0.505. The molecule has 2 N–H and O–H groups in total. The number of nitrogens with one attached hydrogen (secondary N) is 1. The van der Waals surface area contributed by atoms with Crippen LogP contribution in [-0.2, 0) is 4.79 Å². The summed E-state index contributed by atoms with van der Waals surface area (Å²) in [5.41, 5.74) is 3.57. The van der Waals surface area contributed by atoms with Gasteiger partial charge in [0.2, 0.25) is 0 Å². The Morgan fingerprint density at radius 1 is 1.19 bits per heavy atom. The first-order valence-electron chi connectivity index (χ1n) is 7.70. The predicted molar refractivity (Wildman–Crippen MR) is 99.9 cm³/mol. The normalized spacial score (nSPS) is 10.5. The van der Waals surface area contributed by atoms with Gasteiger partial charge in [-0.15, -0.1) is 0 Å². The van der Waals surface area contributed by atoms with Crippen molar-refractivity contribution in [1.82, 2.24) is 5.43 Å². The van der Waals surface area contributed by atoms with E-state index in [0.29, 0.717) is 33.7 Å². The second-order valence-corrected chi connectivity index (χ2v) is 5.85. The number of hydrogen-bond donors (Lipinski definition) is 2.